The smallest absolute Gasteiger partial charge is 0.163 e. The van der Waals surface area contributed by atoms with E-state index < -0.39 is 0 Å². The van der Waals surface area contributed by atoms with Gasteiger partial charge >= 0.3 is 0 Å². The average Bonchev–Trinajstić information content (AvgIpc) is 3.14. The third-order valence-electron chi connectivity index (χ3n) is 4.67. The lowest BCUT2D eigenvalue weighted by atomic mass is 10.1. The molecule has 28 heavy (non-hydrogen) atoms. The molecule has 0 bridgehead atoms. The van der Waals surface area contributed by atoms with E-state index in [-0.39, 0.29) is 0 Å². The van der Waals surface area contributed by atoms with E-state index in [1.807, 2.05) is 54.7 Å². The second kappa shape index (κ2) is 8.49. The van der Waals surface area contributed by atoms with Crippen molar-refractivity contribution in [3.63, 3.8) is 0 Å². The van der Waals surface area contributed by atoms with Gasteiger partial charge in [-0.15, -0.1) is 6.58 Å². The Hall–Kier alpha value is -3.46. The Morgan fingerprint density at radius 3 is 1.93 bits per heavy atom. The zero-order chi connectivity index (χ0) is 19.2. The molecular weight excluding hydrogens is 346 g/mol. The number of ether oxygens (including phenoxy) is 2. The maximum atomic E-state index is 6.16. The van der Waals surface area contributed by atoms with Crippen LogP contribution in [0.5, 0.6) is 11.5 Å². The molecule has 0 saturated carbocycles. The number of fused-ring (bicyclic) bond motifs is 1. The minimum absolute atomic E-state index is 0.494. The quantitative estimate of drug-likeness (QED) is 0.383. The summed E-state index contributed by atoms with van der Waals surface area (Å²) in [7, 11) is 0. The fourth-order valence-electron chi connectivity index (χ4n) is 3.21. The van der Waals surface area contributed by atoms with Gasteiger partial charge in [0.05, 0.1) is 0 Å². The number of allylic oxidation sites excluding steroid dienone is 1. The van der Waals surface area contributed by atoms with Gasteiger partial charge in [-0.05, 0) is 29.2 Å². The van der Waals surface area contributed by atoms with Gasteiger partial charge in [0.2, 0.25) is 0 Å². The highest BCUT2D eigenvalue weighted by Crippen LogP contribution is 2.35. The molecule has 0 aliphatic rings. The molecule has 0 radical (unpaired) electrons. The Kier molecular flexibility index (Phi) is 5.43. The van der Waals surface area contributed by atoms with Gasteiger partial charge < -0.3 is 14.5 Å². The Bertz CT molecular complexity index is 1050. The normalized spacial score (nSPS) is 10.7. The van der Waals surface area contributed by atoms with Crippen LogP contribution in [0.25, 0.3) is 10.9 Å². The summed E-state index contributed by atoms with van der Waals surface area (Å²) in [6, 6.07) is 24.4. The van der Waals surface area contributed by atoms with E-state index in [2.05, 4.69) is 41.9 Å². The molecule has 1 aromatic heterocycles. The summed E-state index contributed by atoms with van der Waals surface area (Å²) in [5.74, 6) is 1.48. The monoisotopic (exact) mass is 369 g/mol. The van der Waals surface area contributed by atoms with Crippen molar-refractivity contribution in [2.75, 3.05) is 0 Å². The largest absolute Gasteiger partial charge is 0.485 e. The van der Waals surface area contributed by atoms with Gasteiger partial charge in [-0.25, -0.2) is 0 Å². The van der Waals surface area contributed by atoms with Crippen LogP contribution < -0.4 is 9.47 Å². The van der Waals surface area contributed by atoms with E-state index in [0.717, 1.165) is 39.9 Å². The Morgan fingerprint density at radius 1 is 0.786 bits per heavy atom. The van der Waals surface area contributed by atoms with Crippen molar-refractivity contribution in [1.29, 1.82) is 0 Å². The number of aromatic amines is 1. The standard InChI is InChI=1S/C25H23NO2/c1-2-9-21-16-26-23-15-25(28-18-20-12-7-4-8-13-20)24(14-22(21)23)27-17-19-10-5-3-6-11-19/h2-8,10-16,26H,1,9,17-18H2. The minimum Gasteiger partial charge on any atom is -0.485 e. The van der Waals surface area contributed by atoms with Crippen LogP contribution in [-0.4, -0.2) is 4.98 Å². The van der Waals surface area contributed by atoms with E-state index in [1.165, 1.54) is 5.56 Å². The molecule has 3 heteroatoms. The molecule has 0 fully saturated rings. The summed E-state index contributed by atoms with van der Waals surface area (Å²) in [5, 5.41) is 1.13. The summed E-state index contributed by atoms with van der Waals surface area (Å²) in [6.45, 7) is 4.84. The van der Waals surface area contributed by atoms with Crippen molar-refractivity contribution >= 4 is 10.9 Å². The van der Waals surface area contributed by atoms with Gasteiger partial charge in [-0.2, -0.15) is 0 Å². The van der Waals surface area contributed by atoms with Crippen LogP contribution in [0.1, 0.15) is 16.7 Å². The van der Waals surface area contributed by atoms with Crippen molar-refractivity contribution in [3.8, 4) is 11.5 Å². The predicted molar refractivity (Wildman–Crippen MR) is 114 cm³/mol. The third kappa shape index (κ3) is 4.09. The molecule has 4 aromatic rings. The average molecular weight is 369 g/mol. The lowest BCUT2D eigenvalue weighted by Gasteiger charge is -2.14. The molecule has 4 rings (SSSR count). The number of nitrogens with one attached hydrogen (secondary N) is 1. The second-order valence-corrected chi connectivity index (χ2v) is 6.70. The molecule has 0 aliphatic heterocycles. The first kappa shape index (κ1) is 17.9. The molecule has 1 heterocycles. The lowest BCUT2D eigenvalue weighted by Crippen LogP contribution is -2.00. The summed E-state index contributed by atoms with van der Waals surface area (Å²) in [5.41, 5.74) is 4.48. The van der Waals surface area contributed by atoms with Crippen molar-refractivity contribution in [3.05, 3.63) is 108 Å². The zero-order valence-corrected chi connectivity index (χ0v) is 15.7. The van der Waals surface area contributed by atoms with E-state index in [1.54, 1.807) is 0 Å². The molecule has 0 aliphatic carbocycles. The molecule has 140 valence electrons. The fourth-order valence-corrected chi connectivity index (χ4v) is 3.21. The van der Waals surface area contributed by atoms with E-state index >= 15 is 0 Å². The number of hydrogen-bond acceptors (Lipinski definition) is 2. The van der Waals surface area contributed by atoms with Crippen LogP contribution in [0.3, 0.4) is 0 Å². The van der Waals surface area contributed by atoms with Gasteiger partial charge in [0.1, 0.15) is 13.2 Å². The van der Waals surface area contributed by atoms with Gasteiger partial charge in [0, 0.05) is 23.2 Å². The molecule has 0 spiro atoms. The highest BCUT2D eigenvalue weighted by Gasteiger charge is 2.12. The van der Waals surface area contributed by atoms with Crippen molar-refractivity contribution in [1.82, 2.24) is 4.98 Å². The molecule has 0 unspecified atom stereocenters. The predicted octanol–water partition coefficient (Wildman–Crippen LogP) is 6.05. The fraction of sp³-hybridized carbons (Fsp3) is 0.120. The van der Waals surface area contributed by atoms with Gasteiger partial charge in [0.25, 0.3) is 0 Å². The molecule has 3 nitrogen and oxygen atoms in total. The topological polar surface area (TPSA) is 34.2 Å². The van der Waals surface area contributed by atoms with Crippen LogP contribution in [0, 0.1) is 0 Å². The molecule has 1 N–H and O–H groups in total. The van der Waals surface area contributed by atoms with E-state index in [4.69, 9.17) is 9.47 Å². The van der Waals surface area contributed by atoms with Crippen LogP contribution in [0.2, 0.25) is 0 Å². The maximum absolute atomic E-state index is 6.16. The maximum Gasteiger partial charge on any atom is 0.163 e. The number of rotatable bonds is 8. The van der Waals surface area contributed by atoms with Crippen LogP contribution in [0.15, 0.2) is 91.6 Å². The number of hydrogen-bond donors (Lipinski definition) is 1. The summed E-state index contributed by atoms with van der Waals surface area (Å²) >= 11 is 0. The van der Waals surface area contributed by atoms with E-state index in [9.17, 15) is 0 Å². The Balaban J connectivity index is 1.63. The number of H-pyrrole nitrogens is 1. The first-order chi connectivity index (χ1) is 13.8. The summed E-state index contributed by atoms with van der Waals surface area (Å²) < 4.78 is 12.3. The molecule has 0 amide bonds. The minimum atomic E-state index is 0.494. The van der Waals surface area contributed by atoms with E-state index in [0.29, 0.717) is 13.2 Å². The third-order valence-corrected chi connectivity index (χ3v) is 4.67. The highest BCUT2D eigenvalue weighted by atomic mass is 16.5. The SMILES string of the molecule is C=CCc1c[nH]c2cc(OCc3ccccc3)c(OCc3ccccc3)cc12. The van der Waals surface area contributed by atoms with Gasteiger partial charge in [0.15, 0.2) is 11.5 Å². The Morgan fingerprint density at radius 2 is 1.36 bits per heavy atom. The second-order valence-electron chi connectivity index (χ2n) is 6.70. The first-order valence-electron chi connectivity index (χ1n) is 9.42. The zero-order valence-electron chi connectivity index (χ0n) is 15.7. The molecule has 0 saturated heterocycles. The van der Waals surface area contributed by atoms with Crippen LogP contribution >= 0.6 is 0 Å². The first-order valence-corrected chi connectivity index (χ1v) is 9.42. The van der Waals surface area contributed by atoms with Gasteiger partial charge in [-0.3, -0.25) is 0 Å². The van der Waals surface area contributed by atoms with Crippen molar-refractivity contribution in [2.24, 2.45) is 0 Å². The van der Waals surface area contributed by atoms with Crippen molar-refractivity contribution in [2.45, 2.75) is 19.6 Å². The molecule has 3 aromatic carbocycles. The number of benzene rings is 3. The number of aromatic nitrogens is 1. The lowest BCUT2D eigenvalue weighted by molar-refractivity contribution is 0.256. The van der Waals surface area contributed by atoms with Crippen molar-refractivity contribution < 1.29 is 9.47 Å². The molecule has 0 atom stereocenters. The Labute approximate surface area is 165 Å². The van der Waals surface area contributed by atoms with Crippen LogP contribution in [-0.2, 0) is 19.6 Å². The van der Waals surface area contributed by atoms with Crippen LogP contribution in [0.4, 0.5) is 0 Å². The molecular formula is C25H23NO2. The van der Waals surface area contributed by atoms with Gasteiger partial charge in [-0.1, -0.05) is 66.7 Å². The summed E-state index contributed by atoms with van der Waals surface area (Å²) in [4.78, 5) is 3.33. The summed E-state index contributed by atoms with van der Waals surface area (Å²) in [6.07, 6.45) is 4.74. The highest BCUT2D eigenvalue weighted by molar-refractivity contribution is 5.86.